The van der Waals surface area contributed by atoms with Gasteiger partial charge in [-0.2, -0.15) is 0 Å². The SMILES string of the molecule is CC1=C(C(=O)OC(C)C)C(c2ccc(Br)cc2)NC(=O)N1.CCC. The molecule has 0 aliphatic carbocycles. The number of halogens is 1. The minimum absolute atomic E-state index is 0.221. The van der Waals surface area contributed by atoms with E-state index in [0.29, 0.717) is 11.3 Å². The minimum atomic E-state index is -0.516. The third kappa shape index (κ3) is 5.67. The van der Waals surface area contributed by atoms with Gasteiger partial charge in [-0.25, -0.2) is 9.59 Å². The Morgan fingerprint density at radius 3 is 2.29 bits per heavy atom. The number of rotatable bonds is 3. The molecule has 132 valence electrons. The molecule has 0 aromatic heterocycles. The third-order valence-electron chi connectivity index (χ3n) is 3.04. The first-order chi connectivity index (χ1) is 11.3. The van der Waals surface area contributed by atoms with E-state index < -0.39 is 12.0 Å². The Labute approximate surface area is 152 Å². The molecule has 2 N–H and O–H groups in total. The van der Waals surface area contributed by atoms with Crippen molar-refractivity contribution in [3.05, 3.63) is 45.6 Å². The number of hydrogen-bond donors (Lipinski definition) is 2. The molecule has 2 rings (SSSR count). The maximum absolute atomic E-state index is 12.3. The van der Waals surface area contributed by atoms with Gasteiger partial charge in [-0.1, -0.05) is 48.3 Å². The molecule has 1 aromatic rings. The molecule has 0 fully saturated rings. The van der Waals surface area contributed by atoms with Crippen LogP contribution in [-0.2, 0) is 9.53 Å². The fourth-order valence-electron chi connectivity index (χ4n) is 2.15. The number of allylic oxidation sites excluding steroid dienone is 1. The second-order valence-corrected chi connectivity index (χ2v) is 6.70. The Bertz CT molecular complexity index is 609. The van der Waals surface area contributed by atoms with Gasteiger partial charge in [0.1, 0.15) is 0 Å². The van der Waals surface area contributed by atoms with Crippen LogP contribution in [0.15, 0.2) is 40.0 Å². The molecule has 24 heavy (non-hydrogen) atoms. The van der Waals surface area contributed by atoms with E-state index in [4.69, 9.17) is 4.74 Å². The molecule has 1 aliphatic heterocycles. The number of carbonyl (C=O) groups is 2. The Hall–Kier alpha value is -1.82. The van der Waals surface area contributed by atoms with Crippen molar-refractivity contribution in [2.75, 3.05) is 0 Å². The number of nitrogens with one attached hydrogen (secondary N) is 2. The predicted molar refractivity (Wildman–Crippen MR) is 98.4 cm³/mol. The number of carbonyl (C=O) groups excluding carboxylic acids is 2. The van der Waals surface area contributed by atoms with Crippen molar-refractivity contribution in [1.82, 2.24) is 10.6 Å². The minimum Gasteiger partial charge on any atom is -0.459 e. The van der Waals surface area contributed by atoms with Crippen LogP contribution in [0.1, 0.15) is 52.6 Å². The molecule has 1 atom stereocenters. The fourth-order valence-corrected chi connectivity index (χ4v) is 2.41. The van der Waals surface area contributed by atoms with E-state index in [0.717, 1.165) is 10.0 Å². The largest absolute Gasteiger partial charge is 0.459 e. The highest BCUT2D eigenvalue weighted by Crippen LogP contribution is 2.28. The molecular weight excluding hydrogens is 372 g/mol. The standard InChI is InChI=1S/C15H17BrN2O3.C3H8/c1-8(2)21-14(19)12-9(3)17-15(20)18-13(12)10-4-6-11(16)7-5-10;1-3-2/h4-8,13H,1-3H3,(H2,17,18,20);3H2,1-2H3. The molecule has 5 nitrogen and oxygen atoms in total. The molecule has 6 heteroatoms. The van der Waals surface area contributed by atoms with E-state index in [1.807, 2.05) is 24.3 Å². The molecule has 0 spiro atoms. The van der Waals surface area contributed by atoms with Crippen LogP contribution in [0.3, 0.4) is 0 Å². The van der Waals surface area contributed by atoms with Crippen LogP contribution in [0, 0.1) is 0 Å². The van der Waals surface area contributed by atoms with Gasteiger partial charge in [0.25, 0.3) is 0 Å². The highest BCUT2D eigenvalue weighted by atomic mass is 79.9. The van der Waals surface area contributed by atoms with Gasteiger partial charge in [-0.15, -0.1) is 0 Å². The van der Waals surface area contributed by atoms with Gasteiger partial charge in [0, 0.05) is 10.2 Å². The molecule has 2 amide bonds. The van der Waals surface area contributed by atoms with Crippen molar-refractivity contribution in [3.8, 4) is 0 Å². The van der Waals surface area contributed by atoms with Gasteiger partial charge in [0.15, 0.2) is 0 Å². The van der Waals surface area contributed by atoms with E-state index >= 15 is 0 Å². The first-order valence-corrected chi connectivity index (χ1v) is 8.84. The van der Waals surface area contributed by atoms with Crippen LogP contribution in [0.5, 0.6) is 0 Å². The van der Waals surface area contributed by atoms with Crippen LogP contribution in [0.2, 0.25) is 0 Å². The van der Waals surface area contributed by atoms with Gasteiger partial charge in [-0.05, 0) is 38.5 Å². The average Bonchev–Trinajstić information content (AvgIpc) is 2.47. The average molecular weight is 397 g/mol. The van der Waals surface area contributed by atoms with Crippen LogP contribution >= 0.6 is 15.9 Å². The zero-order valence-corrected chi connectivity index (χ0v) is 16.4. The summed E-state index contributed by atoms with van der Waals surface area (Å²) in [5, 5.41) is 5.38. The molecule has 0 saturated heterocycles. The summed E-state index contributed by atoms with van der Waals surface area (Å²) in [6.07, 6.45) is 1.03. The molecule has 1 aromatic carbocycles. The second-order valence-electron chi connectivity index (χ2n) is 5.78. The number of esters is 1. The smallest absolute Gasteiger partial charge is 0.338 e. The number of benzene rings is 1. The maximum atomic E-state index is 12.3. The van der Waals surface area contributed by atoms with E-state index in [-0.39, 0.29) is 12.1 Å². The summed E-state index contributed by atoms with van der Waals surface area (Å²) >= 11 is 3.37. The Kier molecular flexibility index (Phi) is 7.98. The Balaban J connectivity index is 0.000000891. The quantitative estimate of drug-likeness (QED) is 0.741. The van der Waals surface area contributed by atoms with Crippen LogP contribution in [0.25, 0.3) is 0 Å². The van der Waals surface area contributed by atoms with E-state index in [2.05, 4.69) is 40.4 Å². The zero-order chi connectivity index (χ0) is 18.3. The number of urea groups is 1. The first-order valence-electron chi connectivity index (χ1n) is 8.04. The molecule has 1 heterocycles. The summed E-state index contributed by atoms with van der Waals surface area (Å²) in [6, 6.07) is 6.60. The lowest BCUT2D eigenvalue weighted by molar-refractivity contribution is -0.143. The summed E-state index contributed by atoms with van der Waals surface area (Å²) in [5.41, 5.74) is 1.76. The molecule has 0 radical (unpaired) electrons. The maximum Gasteiger partial charge on any atom is 0.338 e. The zero-order valence-electron chi connectivity index (χ0n) is 14.8. The van der Waals surface area contributed by atoms with E-state index in [1.54, 1.807) is 20.8 Å². The molecule has 0 saturated carbocycles. The fraction of sp³-hybridized carbons (Fsp3) is 0.444. The van der Waals surface area contributed by atoms with Gasteiger partial charge in [-0.3, -0.25) is 0 Å². The summed E-state index contributed by atoms with van der Waals surface area (Å²) in [5.74, 6) is -0.428. The monoisotopic (exact) mass is 396 g/mol. The van der Waals surface area contributed by atoms with Crippen molar-refractivity contribution in [1.29, 1.82) is 0 Å². The summed E-state index contributed by atoms with van der Waals surface area (Å²) in [7, 11) is 0. The lowest BCUT2D eigenvalue weighted by atomic mass is 9.95. The lowest BCUT2D eigenvalue weighted by Crippen LogP contribution is -2.45. The highest BCUT2D eigenvalue weighted by molar-refractivity contribution is 9.10. The van der Waals surface area contributed by atoms with Crippen molar-refractivity contribution in [2.24, 2.45) is 0 Å². The molecule has 1 unspecified atom stereocenters. The predicted octanol–water partition coefficient (Wildman–Crippen LogP) is 4.44. The van der Waals surface area contributed by atoms with Gasteiger partial charge in [0.05, 0.1) is 17.7 Å². The second kappa shape index (κ2) is 9.47. The molecule has 0 bridgehead atoms. The van der Waals surface area contributed by atoms with E-state index in [1.165, 1.54) is 6.42 Å². The van der Waals surface area contributed by atoms with Crippen molar-refractivity contribution in [3.63, 3.8) is 0 Å². The Morgan fingerprint density at radius 2 is 1.79 bits per heavy atom. The van der Waals surface area contributed by atoms with Crippen molar-refractivity contribution in [2.45, 2.75) is 53.2 Å². The Morgan fingerprint density at radius 1 is 1.25 bits per heavy atom. The summed E-state index contributed by atoms with van der Waals surface area (Å²) in [6.45, 7) is 9.52. The van der Waals surface area contributed by atoms with Crippen LogP contribution < -0.4 is 10.6 Å². The highest BCUT2D eigenvalue weighted by Gasteiger charge is 2.32. The van der Waals surface area contributed by atoms with Crippen molar-refractivity contribution >= 4 is 27.9 Å². The number of amides is 2. The summed E-state index contributed by atoms with van der Waals surface area (Å²) < 4.78 is 6.20. The first kappa shape index (κ1) is 20.2. The van der Waals surface area contributed by atoms with Gasteiger partial charge < -0.3 is 15.4 Å². The lowest BCUT2D eigenvalue weighted by Gasteiger charge is -2.28. The van der Waals surface area contributed by atoms with Gasteiger partial charge >= 0.3 is 12.0 Å². The van der Waals surface area contributed by atoms with Crippen LogP contribution in [0.4, 0.5) is 4.79 Å². The number of ether oxygens (including phenoxy) is 1. The normalized spacial score (nSPS) is 16.8. The van der Waals surface area contributed by atoms with Gasteiger partial charge in [0.2, 0.25) is 0 Å². The van der Waals surface area contributed by atoms with Crippen LogP contribution in [-0.4, -0.2) is 18.1 Å². The number of hydrogen-bond acceptors (Lipinski definition) is 3. The molecule has 1 aliphatic rings. The topological polar surface area (TPSA) is 67.4 Å². The molecular formula is C18H25BrN2O3. The van der Waals surface area contributed by atoms with Crippen molar-refractivity contribution < 1.29 is 14.3 Å². The summed E-state index contributed by atoms with van der Waals surface area (Å²) in [4.78, 5) is 24.0. The third-order valence-corrected chi connectivity index (χ3v) is 3.56. The van der Waals surface area contributed by atoms with E-state index in [9.17, 15) is 9.59 Å².